The molecule has 0 saturated carbocycles. The minimum Gasteiger partial charge on any atom is -0.464 e. The van der Waals surface area contributed by atoms with Gasteiger partial charge in [-0.15, -0.1) is 21.5 Å². The van der Waals surface area contributed by atoms with Crippen LogP contribution in [0.3, 0.4) is 0 Å². The number of hydrogen-bond acceptors (Lipinski definition) is 7. The van der Waals surface area contributed by atoms with Crippen molar-refractivity contribution in [1.82, 2.24) is 15.2 Å². The lowest BCUT2D eigenvalue weighted by molar-refractivity contribution is 0.0593. The number of nitrogens with one attached hydrogen (secondary N) is 1. The third kappa shape index (κ3) is 4.47. The average molecular weight is 402 g/mol. The number of hydrogen-bond donors (Lipinski definition) is 1. The summed E-state index contributed by atoms with van der Waals surface area (Å²) in [6.07, 6.45) is 0. The van der Waals surface area contributed by atoms with Crippen molar-refractivity contribution in [1.29, 1.82) is 0 Å². The number of methoxy groups -OCH3 is 1. The SMILES string of the molecule is COC(=O)c1ccc(NCc2ccc(-c3nc(-c4ccccc4)cs3)cc2)nn1. The van der Waals surface area contributed by atoms with Crippen LogP contribution >= 0.6 is 11.3 Å². The lowest BCUT2D eigenvalue weighted by Gasteiger charge is -2.06. The minimum atomic E-state index is -0.503. The molecule has 0 aliphatic heterocycles. The zero-order chi connectivity index (χ0) is 20.1. The third-order valence-corrected chi connectivity index (χ3v) is 5.20. The Bertz CT molecular complexity index is 1090. The maximum atomic E-state index is 11.4. The topological polar surface area (TPSA) is 77.0 Å². The van der Waals surface area contributed by atoms with Crippen LogP contribution in [0.15, 0.2) is 72.1 Å². The molecule has 0 saturated heterocycles. The Hall–Kier alpha value is -3.58. The predicted molar refractivity (Wildman–Crippen MR) is 114 cm³/mol. The Balaban J connectivity index is 1.39. The fourth-order valence-corrected chi connectivity index (χ4v) is 3.58. The monoisotopic (exact) mass is 402 g/mol. The van der Waals surface area contributed by atoms with Gasteiger partial charge in [0.2, 0.25) is 0 Å². The van der Waals surface area contributed by atoms with Crippen LogP contribution in [-0.2, 0) is 11.3 Å². The van der Waals surface area contributed by atoms with Crippen molar-refractivity contribution in [2.75, 3.05) is 12.4 Å². The van der Waals surface area contributed by atoms with Gasteiger partial charge >= 0.3 is 5.97 Å². The van der Waals surface area contributed by atoms with Gasteiger partial charge in [0.25, 0.3) is 0 Å². The second-order valence-corrected chi connectivity index (χ2v) is 7.11. The number of carbonyl (C=O) groups is 1. The first kappa shape index (κ1) is 18.8. The van der Waals surface area contributed by atoms with Crippen LogP contribution in [0.2, 0.25) is 0 Å². The lowest BCUT2D eigenvalue weighted by Crippen LogP contribution is -2.08. The van der Waals surface area contributed by atoms with Crippen molar-refractivity contribution in [3.05, 3.63) is 83.4 Å². The van der Waals surface area contributed by atoms with E-state index in [-0.39, 0.29) is 5.69 Å². The van der Waals surface area contributed by atoms with E-state index in [0.717, 1.165) is 27.4 Å². The van der Waals surface area contributed by atoms with Gasteiger partial charge in [0.15, 0.2) is 5.69 Å². The summed E-state index contributed by atoms with van der Waals surface area (Å²) in [7, 11) is 1.31. The Morgan fingerprint density at radius 1 is 0.966 bits per heavy atom. The summed E-state index contributed by atoms with van der Waals surface area (Å²) in [6.45, 7) is 0.597. The van der Waals surface area contributed by atoms with Crippen LogP contribution < -0.4 is 5.32 Å². The first-order valence-electron chi connectivity index (χ1n) is 8.99. The molecule has 2 heterocycles. The van der Waals surface area contributed by atoms with E-state index in [1.54, 1.807) is 23.5 Å². The molecule has 0 amide bonds. The maximum Gasteiger partial charge on any atom is 0.358 e. The van der Waals surface area contributed by atoms with Crippen LogP contribution in [0.1, 0.15) is 16.1 Å². The molecule has 4 aromatic rings. The van der Waals surface area contributed by atoms with E-state index in [9.17, 15) is 4.79 Å². The fraction of sp³-hybridized carbons (Fsp3) is 0.0909. The molecule has 0 fully saturated rings. The normalized spacial score (nSPS) is 10.5. The van der Waals surface area contributed by atoms with Crippen molar-refractivity contribution in [3.63, 3.8) is 0 Å². The Kier molecular flexibility index (Phi) is 5.58. The van der Waals surface area contributed by atoms with Gasteiger partial charge in [0.05, 0.1) is 12.8 Å². The van der Waals surface area contributed by atoms with Crippen molar-refractivity contribution in [2.24, 2.45) is 0 Å². The quantitative estimate of drug-likeness (QED) is 0.473. The molecule has 4 rings (SSSR count). The summed E-state index contributed by atoms with van der Waals surface area (Å²) < 4.78 is 4.61. The number of benzene rings is 2. The van der Waals surface area contributed by atoms with Crippen molar-refractivity contribution < 1.29 is 9.53 Å². The highest BCUT2D eigenvalue weighted by atomic mass is 32.1. The van der Waals surface area contributed by atoms with E-state index < -0.39 is 5.97 Å². The first-order valence-corrected chi connectivity index (χ1v) is 9.87. The predicted octanol–water partition coefficient (Wildman–Crippen LogP) is 4.67. The van der Waals surface area contributed by atoms with Crippen LogP contribution in [0.25, 0.3) is 21.8 Å². The molecule has 0 radical (unpaired) electrons. The molecule has 0 aliphatic carbocycles. The molecule has 29 heavy (non-hydrogen) atoms. The Morgan fingerprint density at radius 2 is 1.76 bits per heavy atom. The maximum absolute atomic E-state index is 11.4. The molecular weight excluding hydrogens is 384 g/mol. The van der Waals surface area contributed by atoms with Crippen molar-refractivity contribution in [2.45, 2.75) is 6.54 Å². The number of carbonyl (C=O) groups excluding carboxylic acids is 1. The average Bonchev–Trinajstić information content (AvgIpc) is 3.29. The summed E-state index contributed by atoms with van der Waals surface area (Å²) in [4.78, 5) is 16.1. The van der Waals surface area contributed by atoms with Gasteiger partial charge in [-0.3, -0.25) is 0 Å². The zero-order valence-electron chi connectivity index (χ0n) is 15.7. The highest BCUT2D eigenvalue weighted by Crippen LogP contribution is 2.29. The largest absolute Gasteiger partial charge is 0.464 e. The number of anilines is 1. The van der Waals surface area contributed by atoms with Gasteiger partial charge in [0.1, 0.15) is 10.8 Å². The van der Waals surface area contributed by atoms with Crippen LogP contribution in [0.4, 0.5) is 5.82 Å². The second kappa shape index (κ2) is 8.62. The number of nitrogens with zero attached hydrogens (tertiary/aromatic N) is 3. The van der Waals surface area contributed by atoms with E-state index in [2.05, 4.69) is 62.0 Å². The van der Waals surface area contributed by atoms with Crippen LogP contribution in [0.5, 0.6) is 0 Å². The van der Waals surface area contributed by atoms with Crippen molar-refractivity contribution >= 4 is 23.1 Å². The van der Waals surface area contributed by atoms with Gasteiger partial charge in [-0.25, -0.2) is 9.78 Å². The van der Waals surface area contributed by atoms with E-state index in [1.807, 2.05) is 18.2 Å². The molecule has 0 bridgehead atoms. The summed E-state index contributed by atoms with van der Waals surface area (Å²) in [6, 6.07) is 21.7. The molecule has 0 unspecified atom stereocenters. The van der Waals surface area contributed by atoms with E-state index in [1.165, 1.54) is 7.11 Å². The van der Waals surface area contributed by atoms with Gasteiger partial charge in [-0.2, -0.15) is 0 Å². The summed E-state index contributed by atoms with van der Waals surface area (Å²) >= 11 is 1.64. The zero-order valence-corrected chi connectivity index (χ0v) is 16.5. The number of rotatable bonds is 6. The second-order valence-electron chi connectivity index (χ2n) is 6.25. The minimum absolute atomic E-state index is 0.181. The van der Waals surface area contributed by atoms with E-state index >= 15 is 0 Å². The third-order valence-electron chi connectivity index (χ3n) is 4.31. The molecule has 0 aliphatic rings. The Labute approximate surface area is 172 Å². The fourth-order valence-electron chi connectivity index (χ4n) is 2.75. The molecule has 2 aromatic heterocycles. The van der Waals surface area contributed by atoms with E-state index in [4.69, 9.17) is 4.98 Å². The summed E-state index contributed by atoms with van der Waals surface area (Å²) in [5.74, 6) is 0.0893. The lowest BCUT2D eigenvalue weighted by atomic mass is 10.1. The van der Waals surface area contributed by atoms with Gasteiger partial charge in [0, 0.05) is 23.1 Å². The van der Waals surface area contributed by atoms with Crippen LogP contribution in [-0.4, -0.2) is 28.3 Å². The molecule has 144 valence electrons. The molecule has 6 nitrogen and oxygen atoms in total. The Morgan fingerprint density at radius 3 is 2.45 bits per heavy atom. The standard InChI is InChI=1S/C22H18N4O2S/c1-28-22(27)18-11-12-20(26-25-18)23-13-15-7-9-17(10-8-15)21-24-19(14-29-21)16-5-3-2-4-6-16/h2-12,14H,13H2,1H3,(H,23,26). The summed E-state index contributed by atoms with van der Waals surface area (Å²) in [5.41, 5.74) is 4.48. The van der Waals surface area contributed by atoms with Crippen molar-refractivity contribution in [3.8, 4) is 21.8 Å². The first-order chi connectivity index (χ1) is 14.2. The highest BCUT2D eigenvalue weighted by Gasteiger charge is 2.08. The number of aromatic nitrogens is 3. The summed E-state index contributed by atoms with van der Waals surface area (Å²) in [5, 5.41) is 14.1. The highest BCUT2D eigenvalue weighted by molar-refractivity contribution is 7.13. The van der Waals surface area contributed by atoms with Crippen LogP contribution in [0, 0.1) is 0 Å². The number of ether oxygens (including phenoxy) is 1. The molecule has 2 aromatic carbocycles. The molecule has 0 spiro atoms. The molecule has 1 N–H and O–H groups in total. The van der Waals surface area contributed by atoms with Gasteiger partial charge < -0.3 is 10.1 Å². The number of esters is 1. The van der Waals surface area contributed by atoms with Gasteiger partial charge in [-0.05, 0) is 17.7 Å². The number of thiazole rings is 1. The molecule has 0 atom stereocenters. The molecular formula is C22H18N4O2S. The van der Waals surface area contributed by atoms with E-state index in [0.29, 0.717) is 12.4 Å². The molecule has 7 heteroatoms. The smallest absolute Gasteiger partial charge is 0.358 e. The van der Waals surface area contributed by atoms with Gasteiger partial charge in [-0.1, -0.05) is 54.6 Å².